The van der Waals surface area contributed by atoms with Crippen LogP contribution in [0.15, 0.2) is 35.4 Å². The highest BCUT2D eigenvalue weighted by atomic mass is 16.5. The first-order valence-corrected chi connectivity index (χ1v) is 8.60. The van der Waals surface area contributed by atoms with Crippen LogP contribution in [-0.2, 0) is 4.79 Å². The van der Waals surface area contributed by atoms with Gasteiger partial charge in [-0.3, -0.25) is 4.79 Å². The number of piperidine rings is 1. The van der Waals surface area contributed by atoms with Crippen molar-refractivity contribution in [2.45, 2.75) is 32.3 Å². The largest absolute Gasteiger partial charge is 0.493 e. The Morgan fingerprint density at radius 2 is 2.12 bits per heavy atom. The Hall–Kier alpha value is -2.74. The molecule has 1 amide bonds. The first-order valence-electron chi connectivity index (χ1n) is 8.60. The molecule has 2 aliphatic heterocycles. The molecule has 0 aromatic heterocycles. The van der Waals surface area contributed by atoms with Gasteiger partial charge in [-0.1, -0.05) is 12.1 Å². The number of para-hydroxylation sites is 1. The number of ether oxygens (including phenoxy) is 2. The van der Waals surface area contributed by atoms with Gasteiger partial charge in [-0.2, -0.15) is 5.26 Å². The number of rotatable bonds is 3. The van der Waals surface area contributed by atoms with Crippen molar-refractivity contribution >= 4 is 12.0 Å². The molecule has 1 aromatic carbocycles. The maximum absolute atomic E-state index is 12.6. The first-order chi connectivity index (χ1) is 12.1. The van der Waals surface area contributed by atoms with Crippen LogP contribution < -0.4 is 9.47 Å². The fourth-order valence-corrected chi connectivity index (χ4v) is 3.21. The average Bonchev–Trinajstić information content (AvgIpc) is 2.66. The van der Waals surface area contributed by atoms with Crippen molar-refractivity contribution in [2.75, 3.05) is 20.2 Å². The quantitative estimate of drug-likeness (QED) is 0.626. The normalized spacial score (nSPS) is 20.0. The number of amides is 1. The lowest BCUT2D eigenvalue weighted by molar-refractivity contribution is -0.127. The predicted octanol–water partition coefficient (Wildman–Crippen LogP) is 3.32. The molecule has 5 nitrogen and oxygen atoms in total. The number of nitriles is 1. The number of fused-ring (bicyclic) bond motifs is 1. The second kappa shape index (κ2) is 7.43. The molecule has 1 atom stereocenters. The monoisotopic (exact) mass is 338 g/mol. The van der Waals surface area contributed by atoms with Crippen molar-refractivity contribution in [3.8, 4) is 17.6 Å². The number of hydrogen-bond acceptors (Lipinski definition) is 4. The van der Waals surface area contributed by atoms with Gasteiger partial charge < -0.3 is 14.4 Å². The summed E-state index contributed by atoms with van der Waals surface area (Å²) in [7, 11) is 1.61. The Morgan fingerprint density at radius 1 is 1.36 bits per heavy atom. The molecule has 2 heterocycles. The van der Waals surface area contributed by atoms with E-state index in [1.165, 1.54) is 0 Å². The third-order valence-corrected chi connectivity index (χ3v) is 4.62. The zero-order valence-electron chi connectivity index (χ0n) is 14.6. The number of methoxy groups -OCH3 is 1. The minimum atomic E-state index is -0.263. The number of hydrogen-bond donors (Lipinski definition) is 0. The lowest BCUT2D eigenvalue weighted by atomic mass is 9.99. The molecule has 1 aromatic rings. The first kappa shape index (κ1) is 17.1. The van der Waals surface area contributed by atoms with Crippen LogP contribution in [0.2, 0.25) is 0 Å². The number of likely N-dealkylation sites (tertiary alicyclic amines) is 1. The predicted molar refractivity (Wildman–Crippen MR) is 95.2 cm³/mol. The summed E-state index contributed by atoms with van der Waals surface area (Å²) in [6.07, 6.45) is 6.49. The van der Waals surface area contributed by atoms with Gasteiger partial charge in [-0.05, 0) is 50.0 Å². The van der Waals surface area contributed by atoms with Crippen LogP contribution in [-0.4, -0.2) is 37.1 Å². The minimum Gasteiger partial charge on any atom is -0.493 e. The smallest absolute Gasteiger partial charge is 0.264 e. The molecule has 0 bridgehead atoms. The second-order valence-electron chi connectivity index (χ2n) is 6.31. The summed E-state index contributed by atoms with van der Waals surface area (Å²) in [5.41, 5.74) is 1.85. The molecule has 5 heteroatoms. The van der Waals surface area contributed by atoms with Crippen molar-refractivity contribution in [2.24, 2.45) is 0 Å². The number of benzene rings is 1. The van der Waals surface area contributed by atoms with E-state index in [4.69, 9.17) is 9.47 Å². The van der Waals surface area contributed by atoms with E-state index >= 15 is 0 Å². The van der Waals surface area contributed by atoms with E-state index in [1.54, 1.807) is 18.1 Å². The van der Waals surface area contributed by atoms with Crippen molar-refractivity contribution in [1.82, 2.24) is 4.90 Å². The van der Waals surface area contributed by atoms with Crippen LogP contribution >= 0.6 is 0 Å². The Bertz CT molecular complexity index is 768. The molecule has 130 valence electrons. The van der Waals surface area contributed by atoms with E-state index in [2.05, 4.69) is 6.07 Å². The fraction of sp³-hybridized carbons (Fsp3) is 0.400. The Labute approximate surface area is 148 Å². The van der Waals surface area contributed by atoms with E-state index in [0.717, 1.165) is 43.5 Å². The van der Waals surface area contributed by atoms with E-state index in [1.807, 2.05) is 31.2 Å². The summed E-state index contributed by atoms with van der Waals surface area (Å²) in [6, 6.07) is 7.72. The molecule has 25 heavy (non-hydrogen) atoms. The van der Waals surface area contributed by atoms with Crippen LogP contribution in [0.3, 0.4) is 0 Å². The van der Waals surface area contributed by atoms with E-state index in [9.17, 15) is 10.1 Å². The maximum atomic E-state index is 12.6. The molecule has 0 radical (unpaired) electrons. The van der Waals surface area contributed by atoms with Gasteiger partial charge in [-0.25, -0.2) is 0 Å². The molecule has 1 unspecified atom stereocenters. The zero-order chi connectivity index (χ0) is 17.8. The van der Waals surface area contributed by atoms with Gasteiger partial charge in [0, 0.05) is 18.7 Å². The zero-order valence-corrected chi connectivity index (χ0v) is 14.6. The van der Waals surface area contributed by atoms with Gasteiger partial charge in [0.15, 0.2) is 11.5 Å². The molecule has 1 saturated heterocycles. The molecule has 0 N–H and O–H groups in total. The molecular weight excluding hydrogens is 316 g/mol. The van der Waals surface area contributed by atoms with Gasteiger partial charge in [-0.15, -0.1) is 0 Å². The maximum Gasteiger partial charge on any atom is 0.264 e. The van der Waals surface area contributed by atoms with Gasteiger partial charge in [0.05, 0.1) is 7.11 Å². The summed E-state index contributed by atoms with van der Waals surface area (Å²) in [4.78, 5) is 14.4. The molecule has 0 aliphatic carbocycles. The Kier molecular flexibility index (Phi) is 5.08. The van der Waals surface area contributed by atoms with Gasteiger partial charge in [0.1, 0.15) is 17.7 Å². The van der Waals surface area contributed by atoms with Crippen LogP contribution in [0.25, 0.3) is 6.08 Å². The van der Waals surface area contributed by atoms with E-state index < -0.39 is 0 Å². The van der Waals surface area contributed by atoms with Crippen molar-refractivity contribution in [3.63, 3.8) is 0 Å². The van der Waals surface area contributed by atoms with Crippen molar-refractivity contribution < 1.29 is 14.3 Å². The van der Waals surface area contributed by atoms with Gasteiger partial charge >= 0.3 is 0 Å². The molecule has 0 saturated carbocycles. The van der Waals surface area contributed by atoms with Crippen LogP contribution in [0.1, 0.15) is 31.7 Å². The van der Waals surface area contributed by atoms with Crippen molar-refractivity contribution in [1.29, 1.82) is 5.26 Å². The summed E-state index contributed by atoms with van der Waals surface area (Å²) in [5.74, 6) is 1.18. The summed E-state index contributed by atoms with van der Waals surface area (Å²) in [5, 5.41) is 9.47. The Morgan fingerprint density at radius 3 is 2.80 bits per heavy atom. The summed E-state index contributed by atoms with van der Waals surface area (Å²) in [6.45, 7) is 3.35. The molecule has 3 rings (SSSR count). The van der Waals surface area contributed by atoms with E-state index in [-0.39, 0.29) is 17.6 Å². The Balaban J connectivity index is 1.91. The van der Waals surface area contributed by atoms with Crippen LogP contribution in [0.5, 0.6) is 11.5 Å². The lowest BCUT2D eigenvalue weighted by Crippen LogP contribution is -2.36. The van der Waals surface area contributed by atoms with Crippen molar-refractivity contribution in [3.05, 3.63) is 41.0 Å². The molecule has 0 spiro atoms. The van der Waals surface area contributed by atoms with Gasteiger partial charge in [0.25, 0.3) is 5.91 Å². The molecule has 2 aliphatic rings. The average molecular weight is 338 g/mol. The third-order valence-electron chi connectivity index (χ3n) is 4.62. The highest BCUT2D eigenvalue weighted by Crippen LogP contribution is 2.38. The standard InChI is InChI=1S/C20H22N2O3/c1-14-16(11-15-7-6-8-18(24-2)19(15)25-14)12-17(13-21)20(23)22-9-4-3-5-10-22/h6-8,11-12,14H,3-5,9-10H2,1-2H3/b17-12-. The number of carbonyl (C=O) groups is 1. The highest BCUT2D eigenvalue weighted by molar-refractivity contribution is 5.98. The fourth-order valence-electron chi connectivity index (χ4n) is 3.21. The minimum absolute atomic E-state index is 0.162. The number of nitrogens with zero attached hydrogens (tertiary/aromatic N) is 2. The SMILES string of the molecule is COc1cccc2c1OC(C)C(/C=C(/C#N)C(=O)N1CCCCC1)=C2. The topological polar surface area (TPSA) is 62.6 Å². The summed E-state index contributed by atoms with van der Waals surface area (Å²) < 4.78 is 11.3. The van der Waals surface area contributed by atoms with Crippen LogP contribution in [0, 0.1) is 11.3 Å². The molecular formula is C20H22N2O3. The van der Waals surface area contributed by atoms with Gasteiger partial charge in [0.2, 0.25) is 0 Å². The second-order valence-corrected chi connectivity index (χ2v) is 6.31. The summed E-state index contributed by atoms with van der Waals surface area (Å²) >= 11 is 0. The lowest BCUT2D eigenvalue weighted by Gasteiger charge is -2.27. The molecule has 1 fully saturated rings. The third kappa shape index (κ3) is 3.53. The number of carbonyl (C=O) groups excluding carboxylic acids is 1. The van der Waals surface area contributed by atoms with Crippen LogP contribution in [0.4, 0.5) is 0 Å². The highest BCUT2D eigenvalue weighted by Gasteiger charge is 2.24. The van der Waals surface area contributed by atoms with E-state index in [0.29, 0.717) is 11.5 Å².